The highest BCUT2D eigenvalue weighted by Crippen LogP contribution is 2.34. The second-order valence-corrected chi connectivity index (χ2v) is 7.37. The summed E-state index contributed by atoms with van der Waals surface area (Å²) in [5, 5.41) is 12.1. The molecular weight excluding hydrogens is 407 g/mol. The molecule has 0 saturated carbocycles. The Morgan fingerprint density at radius 1 is 1.31 bits per heavy atom. The summed E-state index contributed by atoms with van der Waals surface area (Å²) in [7, 11) is 3.13. The number of hydrogen-bond acceptors (Lipinski definition) is 5. The standard InChI is InChI=1S/C19H18F3N3O3S/c1-10-14(9-23)17(29-15(10)18(27)25(3)4)24-16(26)11(2)28-13-7-5-6-12(8-13)19(20,21)22/h5-8,11H,1-4H3,(H,24,26). The number of amides is 2. The predicted molar refractivity (Wildman–Crippen MR) is 102 cm³/mol. The second-order valence-electron chi connectivity index (χ2n) is 6.35. The van der Waals surface area contributed by atoms with Crippen LogP contribution in [0.4, 0.5) is 18.2 Å². The van der Waals surface area contributed by atoms with Crippen LogP contribution in [0.3, 0.4) is 0 Å². The van der Waals surface area contributed by atoms with Crippen molar-refractivity contribution in [3.05, 3.63) is 45.8 Å². The first-order chi connectivity index (χ1) is 13.5. The Bertz CT molecular complexity index is 977. The van der Waals surface area contributed by atoms with E-state index in [0.717, 1.165) is 23.5 Å². The van der Waals surface area contributed by atoms with Crippen LogP contribution in [0.25, 0.3) is 0 Å². The highest BCUT2D eigenvalue weighted by molar-refractivity contribution is 7.18. The number of carbonyl (C=O) groups is 2. The lowest BCUT2D eigenvalue weighted by Gasteiger charge is -2.15. The molecule has 10 heteroatoms. The van der Waals surface area contributed by atoms with Crippen LogP contribution in [0.1, 0.15) is 33.3 Å². The second kappa shape index (κ2) is 8.53. The Labute approximate surface area is 169 Å². The van der Waals surface area contributed by atoms with Crippen molar-refractivity contribution in [1.29, 1.82) is 5.26 Å². The molecule has 1 N–H and O–H groups in total. The Morgan fingerprint density at radius 3 is 2.52 bits per heavy atom. The monoisotopic (exact) mass is 425 g/mol. The molecule has 2 rings (SSSR count). The van der Waals surface area contributed by atoms with E-state index >= 15 is 0 Å². The van der Waals surface area contributed by atoms with Crippen molar-refractivity contribution in [2.75, 3.05) is 19.4 Å². The van der Waals surface area contributed by atoms with Gasteiger partial charge in [-0.3, -0.25) is 9.59 Å². The fourth-order valence-corrected chi connectivity index (χ4v) is 3.54. The van der Waals surface area contributed by atoms with Crippen molar-refractivity contribution in [2.45, 2.75) is 26.1 Å². The molecule has 0 radical (unpaired) electrons. The van der Waals surface area contributed by atoms with Crippen molar-refractivity contribution in [2.24, 2.45) is 0 Å². The van der Waals surface area contributed by atoms with E-state index in [9.17, 15) is 28.0 Å². The normalized spacial score (nSPS) is 12.1. The maximum Gasteiger partial charge on any atom is 0.416 e. The lowest BCUT2D eigenvalue weighted by molar-refractivity contribution is -0.137. The van der Waals surface area contributed by atoms with Crippen molar-refractivity contribution >= 4 is 28.2 Å². The summed E-state index contributed by atoms with van der Waals surface area (Å²) in [4.78, 5) is 26.3. The van der Waals surface area contributed by atoms with E-state index in [1.54, 1.807) is 21.0 Å². The number of alkyl halides is 3. The molecule has 29 heavy (non-hydrogen) atoms. The van der Waals surface area contributed by atoms with E-state index in [4.69, 9.17) is 4.74 Å². The summed E-state index contributed by atoms with van der Waals surface area (Å²) in [6.45, 7) is 2.97. The number of nitrogens with zero attached hydrogens (tertiary/aromatic N) is 2. The molecular formula is C19H18F3N3O3S. The van der Waals surface area contributed by atoms with Gasteiger partial charge in [0.2, 0.25) is 0 Å². The van der Waals surface area contributed by atoms with Crippen LogP contribution in [-0.4, -0.2) is 36.9 Å². The number of ether oxygens (including phenoxy) is 1. The zero-order valence-corrected chi connectivity index (χ0v) is 16.9. The van der Waals surface area contributed by atoms with Crippen LogP contribution in [0, 0.1) is 18.3 Å². The zero-order chi connectivity index (χ0) is 21.9. The van der Waals surface area contributed by atoms with E-state index in [1.165, 1.54) is 24.0 Å². The van der Waals surface area contributed by atoms with Crippen molar-refractivity contribution in [1.82, 2.24) is 4.90 Å². The van der Waals surface area contributed by atoms with E-state index in [-0.39, 0.29) is 22.2 Å². The van der Waals surface area contributed by atoms with Crippen LogP contribution in [0.5, 0.6) is 5.75 Å². The van der Waals surface area contributed by atoms with Gasteiger partial charge in [-0.1, -0.05) is 6.07 Å². The molecule has 1 heterocycles. The van der Waals surface area contributed by atoms with Crippen LogP contribution in [0.2, 0.25) is 0 Å². The predicted octanol–water partition coefficient (Wildman–Crippen LogP) is 4.05. The topological polar surface area (TPSA) is 82.4 Å². The fraction of sp³-hybridized carbons (Fsp3) is 0.316. The minimum atomic E-state index is -4.53. The Hall–Kier alpha value is -3.06. The van der Waals surface area contributed by atoms with Gasteiger partial charge in [-0.15, -0.1) is 11.3 Å². The molecule has 2 aromatic rings. The Balaban J connectivity index is 2.19. The average Bonchev–Trinajstić information content (AvgIpc) is 2.95. The van der Waals surface area contributed by atoms with E-state index in [1.807, 2.05) is 6.07 Å². The zero-order valence-electron chi connectivity index (χ0n) is 16.0. The lowest BCUT2D eigenvalue weighted by Crippen LogP contribution is -2.30. The first-order valence-electron chi connectivity index (χ1n) is 8.35. The van der Waals surface area contributed by atoms with Gasteiger partial charge in [0.25, 0.3) is 11.8 Å². The molecule has 1 aromatic heterocycles. The van der Waals surface area contributed by atoms with Gasteiger partial charge in [0.15, 0.2) is 6.10 Å². The number of thiophene rings is 1. The molecule has 0 aliphatic heterocycles. The van der Waals surface area contributed by atoms with Crippen LogP contribution >= 0.6 is 11.3 Å². The third kappa shape index (κ3) is 5.06. The summed E-state index contributed by atoms with van der Waals surface area (Å²) in [6.07, 6.45) is -5.67. The van der Waals surface area contributed by atoms with Crippen molar-refractivity contribution < 1.29 is 27.5 Å². The van der Waals surface area contributed by atoms with Crippen LogP contribution < -0.4 is 10.1 Å². The number of nitriles is 1. The maximum absolute atomic E-state index is 12.8. The summed E-state index contributed by atoms with van der Waals surface area (Å²) in [6, 6.07) is 6.14. The molecule has 0 saturated heterocycles. The van der Waals surface area contributed by atoms with Crippen LogP contribution in [0.15, 0.2) is 24.3 Å². The van der Waals surface area contributed by atoms with E-state index in [2.05, 4.69) is 5.32 Å². The number of anilines is 1. The number of benzene rings is 1. The van der Waals surface area contributed by atoms with Gasteiger partial charge in [0.05, 0.1) is 16.0 Å². The summed E-state index contributed by atoms with van der Waals surface area (Å²) < 4.78 is 43.7. The van der Waals surface area contributed by atoms with Gasteiger partial charge in [0.1, 0.15) is 16.8 Å². The molecule has 0 bridgehead atoms. The number of carbonyl (C=O) groups excluding carboxylic acids is 2. The van der Waals surface area contributed by atoms with Crippen LogP contribution in [-0.2, 0) is 11.0 Å². The molecule has 0 fully saturated rings. The molecule has 0 aliphatic carbocycles. The number of rotatable bonds is 5. The van der Waals surface area contributed by atoms with Gasteiger partial charge in [-0.25, -0.2) is 0 Å². The van der Waals surface area contributed by atoms with Crippen molar-refractivity contribution in [3.63, 3.8) is 0 Å². The fourth-order valence-electron chi connectivity index (χ4n) is 2.36. The van der Waals surface area contributed by atoms with Gasteiger partial charge < -0.3 is 15.0 Å². The van der Waals surface area contributed by atoms with E-state index in [0.29, 0.717) is 10.4 Å². The minimum absolute atomic E-state index is 0.117. The lowest BCUT2D eigenvalue weighted by atomic mass is 10.1. The molecule has 154 valence electrons. The Kier molecular flexibility index (Phi) is 6.54. The summed E-state index contributed by atoms with van der Waals surface area (Å²) >= 11 is 0.955. The van der Waals surface area contributed by atoms with Gasteiger partial charge in [-0.05, 0) is 37.6 Å². The first-order valence-corrected chi connectivity index (χ1v) is 9.17. The maximum atomic E-state index is 12.8. The number of nitrogens with one attached hydrogen (secondary N) is 1. The smallest absolute Gasteiger partial charge is 0.416 e. The molecule has 6 nitrogen and oxygen atoms in total. The largest absolute Gasteiger partial charge is 0.481 e. The highest BCUT2D eigenvalue weighted by atomic mass is 32.1. The van der Waals surface area contributed by atoms with E-state index < -0.39 is 23.8 Å². The molecule has 1 unspecified atom stereocenters. The van der Waals surface area contributed by atoms with Gasteiger partial charge in [-0.2, -0.15) is 18.4 Å². The molecule has 1 aromatic carbocycles. The van der Waals surface area contributed by atoms with Gasteiger partial charge >= 0.3 is 6.18 Å². The summed E-state index contributed by atoms with van der Waals surface area (Å²) in [5.74, 6) is -1.09. The third-order valence-electron chi connectivity index (χ3n) is 3.94. The first kappa shape index (κ1) is 22.2. The summed E-state index contributed by atoms with van der Waals surface area (Å²) in [5.41, 5.74) is -0.298. The Morgan fingerprint density at radius 2 is 1.97 bits per heavy atom. The molecule has 1 atom stereocenters. The average molecular weight is 425 g/mol. The quantitative estimate of drug-likeness (QED) is 0.783. The van der Waals surface area contributed by atoms with Gasteiger partial charge in [0, 0.05) is 14.1 Å². The number of halogens is 3. The SMILES string of the molecule is Cc1c(C(=O)N(C)C)sc(NC(=O)C(C)Oc2cccc(C(F)(F)F)c2)c1C#N. The third-order valence-corrected chi connectivity index (χ3v) is 5.13. The molecule has 0 aliphatic rings. The number of hydrogen-bond donors (Lipinski definition) is 1. The highest BCUT2D eigenvalue weighted by Gasteiger charge is 2.31. The molecule has 0 spiro atoms. The van der Waals surface area contributed by atoms with Crippen molar-refractivity contribution in [3.8, 4) is 11.8 Å². The molecule has 2 amide bonds. The minimum Gasteiger partial charge on any atom is -0.481 e.